The first-order valence-electron chi connectivity index (χ1n) is 3.23. The minimum atomic E-state index is 0.606. The van der Waals surface area contributed by atoms with Crippen LogP contribution in [0.5, 0.6) is 0 Å². The van der Waals surface area contributed by atoms with E-state index in [-0.39, 0.29) is 0 Å². The molecule has 0 aromatic carbocycles. The Bertz CT molecular complexity index is 91.2. The molecule has 0 saturated heterocycles. The van der Waals surface area contributed by atoms with Crippen LogP contribution in [0.15, 0.2) is 0 Å². The molecule has 1 atom stereocenters. The van der Waals surface area contributed by atoms with Crippen molar-refractivity contribution in [1.29, 1.82) is 0 Å². The van der Waals surface area contributed by atoms with Gasteiger partial charge in [0.25, 0.3) is 0 Å². The Morgan fingerprint density at radius 1 is 1.67 bits per heavy atom. The lowest BCUT2D eigenvalue weighted by Gasteiger charge is -2.04. The highest BCUT2D eigenvalue weighted by Gasteiger charge is 1.96. The minimum Gasteiger partial charge on any atom is -0.385 e. The monoisotopic (exact) mass is 126 g/mol. The summed E-state index contributed by atoms with van der Waals surface area (Å²) in [6.45, 7) is 2.96. The van der Waals surface area contributed by atoms with Crippen LogP contribution in [0.2, 0.25) is 0 Å². The molecule has 0 fully saturated rings. The smallest absolute Gasteiger partial charge is 0.0465 e. The molecule has 0 aliphatic rings. The summed E-state index contributed by atoms with van der Waals surface area (Å²) in [4.78, 5) is 0. The summed E-state index contributed by atoms with van der Waals surface area (Å²) in [6, 6.07) is 0. The van der Waals surface area contributed by atoms with Gasteiger partial charge in [0.2, 0.25) is 0 Å². The molecular weight excluding hydrogens is 112 g/mol. The first-order chi connectivity index (χ1) is 4.31. The number of hydrogen-bond donors (Lipinski definition) is 0. The number of hydrogen-bond acceptors (Lipinski definition) is 1. The molecule has 0 bridgehead atoms. The van der Waals surface area contributed by atoms with E-state index in [9.17, 15) is 0 Å². The molecule has 0 aliphatic heterocycles. The Morgan fingerprint density at radius 2 is 2.33 bits per heavy atom. The molecule has 0 radical (unpaired) electrons. The molecule has 1 heteroatoms. The highest BCUT2D eigenvalue weighted by Crippen LogP contribution is 2.04. The van der Waals surface area contributed by atoms with E-state index >= 15 is 0 Å². The highest BCUT2D eigenvalue weighted by atomic mass is 16.5. The van der Waals surface area contributed by atoms with Gasteiger partial charge in [0, 0.05) is 20.1 Å². The van der Waals surface area contributed by atoms with Crippen molar-refractivity contribution in [2.24, 2.45) is 5.92 Å². The normalized spacial score (nSPS) is 12.6. The van der Waals surface area contributed by atoms with Crippen LogP contribution < -0.4 is 0 Å². The second kappa shape index (κ2) is 5.65. The van der Waals surface area contributed by atoms with E-state index in [0.717, 1.165) is 19.4 Å². The fourth-order valence-electron chi connectivity index (χ4n) is 0.622. The number of terminal acetylenes is 1. The second-order valence-electron chi connectivity index (χ2n) is 2.29. The number of ether oxygens (including phenoxy) is 1. The number of rotatable bonds is 4. The quantitative estimate of drug-likeness (QED) is 0.521. The lowest BCUT2D eigenvalue weighted by molar-refractivity contribution is 0.181. The molecule has 0 amide bonds. The average Bonchev–Trinajstić information content (AvgIpc) is 1.85. The highest BCUT2D eigenvalue weighted by molar-refractivity contribution is 4.85. The topological polar surface area (TPSA) is 9.23 Å². The molecule has 0 N–H and O–H groups in total. The lowest BCUT2D eigenvalue weighted by atomic mass is 10.1. The van der Waals surface area contributed by atoms with Crippen LogP contribution >= 0.6 is 0 Å². The van der Waals surface area contributed by atoms with Crippen LogP contribution in [0.4, 0.5) is 0 Å². The first kappa shape index (κ1) is 8.52. The van der Waals surface area contributed by atoms with Gasteiger partial charge in [0.05, 0.1) is 0 Å². The Kier molecular flexibility index (Phi) is 5.35. The molecule has 52 valence electrons. The zero-order valence-corrected chi connectivity index (χ0v) is 6.18. The third kappa shape index (κ3) is 5.39. The standard InChI is InChI=1S/C8H14O/c1-4-5-8(2)6-7-9-3/h1,8H,5-7H2,2-3H3. The Hall–Kier alpha value is -0.480. The van der Waals surface area contributed by atoms with Gasteiger partial charge in [-0.25, -0.2) is 0 Å². The minimum absolute atomic E-state index is 0.606. The van der Waals surface area contributed by atoms with Gasteiger partial charge < -0.3 is 4.74 Å². The predicted octanol–water partition coefficient (Wildman–Crippen LogP) is 1.68. The van der Waals surface area contributed by atoms with Crippen molar-refractivity contribution in [3.05, 3.63) is 0 Å². The maximum atomic E-state index is 5.11. The Labute approximate surface area is 57.4 Å². The van der Waals surface area contributed by atoms with E-state index < -0.39 is 0 Å². The summed E-state index contributed by atoms with van der Waals surface area (Å²) in [5.74, 6) is 3.23. The van der Waals surface area contributed by atoms with Gasteiger partial charge in [0.1, 0.15) is 0 Å². The van der Waals surface area contributed by atoms with Crippen molar-refractivity contribution >= 4 is 0 Å². The molecular formula is C8H14O. The molecule has 0 spiro atoms. The van der Waals surface area contributed by atoms with Gasteiger partial charge in [-0.1, -0.05) is 6.92 Å². The van der Waals surface area contributed by atoms with Crippen molar-refractivity contribution < 1.29 is 4.74 Å². The molecule has 0 aromatic heterocycles. The SMILES string of the molecule is C#CCC(C)CCOC. The van der Waals surface area contributed by atoms with E-state index in [0.29, 0.717) is 5.92 Å². The number of methoxy groups -OCH3 is 1. The van der Waals surface area contributed by atoms with Crippen molar-refractivity contribution in [3.63, 3.8) is 0 Å². The fourth-order valence-corrected chi connectivity index (χ4v) is 0.622. The van der Waals surface area contributed by atoms with Crippen molar-refractivity contribution in [2.45, 2.75) is 19.8 Å². The molecule has 9 heavy (non-hydrogen) atoms. The summed E-state index contributed by atoms with van der Waals surface area (Å²) in [5.41, 5.74) is 0. The zero-order valence-electron chi connectivity index (χ0n) is 6.18. The van der Waals surface area contributed by atoms with Gasteiger partial charge >= 0.3 is 0 Å². The van der Waals surface area contributed by atoms with Crippen LogP contribution in [-0.2, 0) is 4.74 Å². The van der Waals surface area contributed by atoms with Crippen molar-refractivity contribution in [3.8, 4) is 12.3 Å². The summed E-state index contributed by atoms with van der Waals surface area (Å²) in [7, 11) is 1.71. The van der Waals surface area contributed by atoms with Crippen LogP contribution in [0, 0.1) is 18.3 Å². The van der Waals surface area contributed by atoms with Crippen molar-refractivity contribution in [1.82, 2.24) is 0 Å². The van der Waals surface area contributed by atoms with Gasteiger partial charge in [-0.05, 0) is 12.3 Å². The van der Waals surface area contributed by atoms with Crippen molar-refractivity contribution in [2.75, 3.05) is 13.7 Å². The fraction of sp³-hybridized carbons (Fsp3) is 0.750. The van der Waals surface area contributed by atoms with E-state index in [1.807, 2.05) is 0 Å². The van der Waals surface area contributed by atoms with Crippen LogP contribution in [0.25, 0.3) is 0 Å². The van der Waals surface area contributed by atoms with Crippen LogP contribution in [-0.4, -0.2) is 13.7 Å². The van der Waals surface area contributed by atoms with Gasteiger partial charge in [-0.2, -0.15) is 0 Å². The summed E-state index contributed by atoms with van der Waals surface area (Å²) < 4.78 is 4.89. The molecule has 1 nitrogen and oxygen atoms in total. The average molecular weight is 126 g/mol. The van der Waals surface area contributed by atoms with Gasteiger partial charge in [0.15, 0.2) is 0 Å². The Morgan fingerprint density at radius 3 is 2.78 bits per heavy atom. The predicted molar refractivity (Wildman–Crippen MR) is 39.1 cm³/mol. The largest absolute Gasteiger partial charge is 0.385 e. The van der Waals surface area contributed by atoms with Crippen LogP contribution in [0.3, 0.4) is 0 Å². The molecule has 0 aliphatic carbocycles. The first-order valence-corrected chi connectivity index (χ1v) is 3.23. The second-order valence-corrected chi connectivity index (χ2v) is 2.29. The van der Waals surface area contributed by atoms with Gasteiger partial charge in [-0.3, -0.25) is 0 Å². The summed E-state index contributed by atoms with van der Waals surface area (Å²) >= 11 is 0. The maximum Gasteiger partial charge on any atom is 0.0465 e. The van der Waals surface area contributed by atoms with E-state index in [2.05, 4.69) is 12.8 Å². The third-order valence-electron chi connectivity index (χ3n) is 1.28. The molecule has 0 aromatic rings. The molecule has 0 heterocycles. The third-order valence-corrected chi connectivity index (χ3v) is 1.28. The van der Waals surface area contributed by atoms with Crippen LogP contribution in [0.1, 0.15) is 19.8 Å². The molecule has 0 rings (SSSR count). The van der Waals surface area contributed by atoms with E-state index in [1.54, 1.807) is 7.11 Å². The van der Waals surface area contributed by atoms with E-state index in [1.165, 1.54) is 0 Å². The molecule has 0 saturated carbocycles. The lowest BCUT2D eigenvalue weighted by Crippen LogP contribution is -1.98. The maximum absolute atomic E-state index is 5.11. The van der Waals surface area contributed by atoms with Gasteiger partial charge in [-0.15, -0.1) is 12.3 Å². The summed E-state index contributed by atoms with van der Waals surface area (Å²) in [6.07, 6.45) is 7.04. The summed E-state index contributed by atoms with van der Waals surface area (Å²) in [5, 5.41) is 0. The zero-order chi connectivity index (χ0) is 7.11. The Balaban J connectivity index is 3.08. The molecule has 1 unspecified atom stereocenters. The van der Waals surface area contributed by atoms with E-state index in [4.69, 9.17) is 11.2 Å².